The van der Waals surface area contributed by atoms with E-state index in [0.29, 0.717) is 0 Å². The van der Waals surface area contributed by atoms with Crippen LogP contribution in [-0.2, 0) is 0 Å². The van der Waals surface area contributed by atoms with Gasteiger partial charge in [0, 0.05) is 11.8 Å². The first-order valence-electron chi connectivity index (χ1n) is 4.54. The maximum Gasteiger partial charge on any atom is 0.230 e. The molecule has 1 saturated carbocycles. The van der Waals surface area contributed by atoms with Gasteiger partial charge in [-0.05, 0) is 6.42 Å². The Balaban J connectivity index is 2.26. The quantitative estimate of drug-likeness (QED) is 0.365. The fourth-order valence-electron chi connectivity index (χ4n) is 2.86. The highest BCUT2D eigenvalue weighted by molar-refractivity contribution is 6.77. The molecule has 0 radical (unpaired) electrons. The molecular weight excluding hydrogens is 299 g/mol. The number of rotatable bonds is 0. The molecule has 15 heavy (non-hydrogen) atoms. The van der Waals surface area contributed by atoms with E-state index in [0.717, 1.165) is 6.42 Å². The molecule has 0 aromatic carbocycles. The molecule has 1 aliphatic heterocycles. The van der Waals surface area contributed by atoms with Crippen molar-refractivity contribution in [2.45, 2.75) is 20.6 Å². The third-order valence-corrected chi connectivity index (χ3v) is 6.76. The number of halogens is 5. The lowest BCUT2D eigenvalue weighted by Gasteiger charge is -2.41. The van der Waals surface area contributed by atoms with Crippen molar-refractivity contribution < 1.29 is 0 Å². The van der Waals surface area contributed by atoms with Gasteiger partial charge in [-0.25, -0.2) is 4.99 Å². The molecule has 3 aliphatic rings. The number of nitrogens with zero attached hydrogens (tertiary/aromatic N) is 1. The van der Waals surface area contributed by atoms with Gasteiger partial charge in [0.15, 0.2) is 0 Å². The van der Waals surface area contributed by atoms with Crippen LogP contribution in [0, 0.1) is 11.8 Å². The van der Waals surface area contributed by atoms with E-state index in [1.54, 1.807) is 0 Å². The molecule has 1 heterocycles. The maximum absolute atomic E-state index is 6.55. The van der Waals surface area contributed by atoms with E-state index >= 15 is 0 Å². The van der Waals surface area contributed by atoms with Crippen LogP contribution >= 0.6 is 58.0 Å². The van der Waals surface area contributed by atoms with Gasteiger partial charge in [-0.1, -0.05) is 47.0 Å². The standard InChI is InChI=1S/C9H6Cl5N/c10-6-7(11)4-1-2-5(3-4)8(7,12)9(13,14)15-6/h1-2,4-5H,3H2/t4-,5+,7-,8-/m0/s1. The van der Waals surface area contributed by atoms with Crippen molar-refractivity contribution in [2.24, 2.45) is 16.8 Å². The number of allylic oxidation sites excluding steroid dienone is 2. The normalized spacial score (nSPS) is 54.6. The molecule has 0 aromatic heterocycles. The predicted molar refractivity (Wildman–Crippen MR) is 65.6 cm³/mol. The summed E-state index contributed by atoms with van der Waals surface area (Å²) in [5, 5.41) is 0.223. The minimum atomic E-state index is -1.45. The van der Waals surface area contributed by atoms with Crippen LogP contribution in [0.15, 0.2) is 17.1 Å². The third kappa shape index (κ3) is 0.950. The van der Waals surface area contributed by atoms with Crippen LogP contribution in [0.4, 0.5) is 0 Å². The van der Waals surface area contributed by atoms with E-state index in [1.807, 2.05) is 12.2 Å². The van der Waals surface area contributed by atoms with E-state index in [1.165, 1.54) is 0 Å². The van der Waals surface area contributed by atoms with Crippen LogP contribution in [0.3, 0.4) is 0 Å². The largest absolute Gasteiger partial charge is 0.235 e. The number of alkyl halides is 4. The summed E-state index contributed by atoms with van der Waals surface area (Å²) in [6.45, 7) is 0. The zero-order chi connectivity index (χ0) is 11.1. The van der Waals surface area contributed by atoms with E-state index in [-0.39, 0.29) is 17.0 Å². The molecule has 0 saturated heterocycles. The summed E-state index contributed by atoms with van der Waals surface area (Å²) >= 11 is 31.4. The van der Waals surface area contributed by atoms with Gasteiger partial charge in [0.2, 0.25) is 4.46 Å². The van der Waals surface area contributed by atoms with E-state index in [4.69, 9.17) is 58.0 Å². The van der Waals surface area contributed by atoms with E-state index < -0.39 is 14.2 Å². The fraction of sp³-hybridized carbons (Fsp3) is 0.667. The fourth-order valence-corrected chi connectivity index (χ4v) is 5.17. The maximum atomic E-state index is 6.55. The Kier molecular flexibility index (Phi) is 2.06. The van der Waals surface area contributed by atoms with E-state index in [9.17, 15) is 0 Å². The summed E-state index contributed by atoms with van der Waals surface area (Å²) in [4.78, 5) is 2.03. The van der Waals surface area contributed by atoms with Gasteiger partial charge >= 0.3 is 0 Å². The molecule has 2 bridgehead atoms. The molecule has 6 heteroatoms. The van der Waals surface area contributed by atoms with Crippen LogP contribution in [0.1, 0.15) is 6.42 Å². The average Bonchev–Trinajstić information content (AvgIpc) is 2.71. The lowest BCUT2D eigenvalue weighted by atomic mass is 9.83. The molecule has 2 aliphatic carbocycles. The summed E-state index contributed by atoms with van der Waals surface area (Å²) in [6.07, 6.45) is 4.86. The van der Waals surface area contributed by atoms with Crippen molar-refractivity contribution in [3.63, 3.8) is 0 Å². The molecule has 3 rings (SSSR count). The van der Waals surface area contributed by atoms with Crippen molar-refractivity contribution in [1.82, 2.24) is 0 Å². The van der Waals surface area contributed by atoms with Crippen LogP contribution in [0.2, 0.25) is 0 Å². The highest BCUT2D eigenvalue weighted by atomic mass is 35.5. The second-order valence-electron chi connectivity index (χ2n) is 4.20. The number of hydrogen-bond donors (Lipinski definition) is 0. The first kappa shape index (κ1) is 11.0. The van der Waals surface area contributed by atoms with Crippen LogP contribution in [0.25, 0.3) is 0 Å². The average molecular weight is 305 g/mol. The molecule has 4 atom stereocenters. The second kappa shape index (κ2) is 2.81. The molecular formula is C9H6Cl5N. The number of fused-ring (bicyclic) bond motifs is 5. The molecule has 0 amide bonds. The smallest absolute Gasteiger partial charge is 0.230 e. The molecule has 1 nitrogen and oxygen atoms in total. The van der Waals surface area contributed by atoms with Gasteiger partial charge in [-0.15, -0.1) is 23.2 Å². The third-order valence-electron chi connectivity index (χ3n) is 3.61. The SMILES string of the molecule is ClC1=NC(Cl)(Cl)[C@]2(Cl)[C@@H]3C=C[C@@H](C3)[C@]12Cl. The zero-order valence-electron chi connectivity index (χ0n) is 7.35. The first-order chi connectivity index (χ1) is 6.84. The van der Waals surface area contributed by atoms with Crippen molar-refractivity contribution in [1.29, 1.82) is 0 Å². The number of hydrogen-bond acceptors (Lipinski definition) is 1. The topological polar surface area (TPSA) is 12.4 Å². The predicted octanol–water partition coefficient (Wildman–Crippen LogP) is 3.93. The summed E-state index contributed by atoms with van der Waals surface area (Å²) in [5.74, 6) is 0.0916. The van der Waals surface area contributed by atoms with Gasteiger partial charge in [0.1, 0.15) is 14.9 Å². The van der Waals surface area contributed by atoms with Gasteiger partial charge in [-0.3, -0.25) is 0 Å². The Morgan fingerprint density at radius 2 is 1.73 bits per heavy atom. The minimum Gasteiger partial charge on any atom is -0.235 e. The van der Waals surface area contributed by atoms with E-state index in [2.05, 4.69) is 4.99 Å². The van der Waals surface area contributed by atoms with Crippen molar-refractivity contribution in [3.05, 3.63) is 12.2 Å². The second-order valence-corrected chi connectivity index (χ2v) is 7.04. The lowest BCUT2D eigenvalue weighted by Crippen LogP contribution is -2.56. The Morgan fingerprint density at radius 1 is 1.13 bits per heavy atom. The molecule has 82 valence electrons. The summed E-state index contributed by atoms with van der Waals surface area (Å²) in [7, 11) is 0. The van der Waals surface area contributed by atoms with Gasteiger partial charge in [0.05, 0.1) is 0 Å². The van der Waals surface area contributed by atoms with Crippen molar-refractivity contribution >= 4 is 63.2 Å². The highest BCUT2D eigenvalue weighted by Crippen LogP contribution is 2.70. The molecule has 0 N–H and O–H groups in total. The van der Waals surface area contributed by atoms with Crippen molar-refractivity contribution in [2.75, 3.05) is 0 Å². The van der Waals surface area contributed by atoms with Crippen LogP contribution in [-0.4, -0.2) is 19.4 Å². The molecule has 0 spiro atoms. The number of aliphatic imine (C=N–C) groups is 1. The highest BCUT2D eigenvalue weighted by Gasteiger charge is 2.78. The van der Waals surface area contributed by atoms with Crippen LogP contribution < -0.4 is 0 Å². The van der Waals surface area contributed by atoms with Gasteiger partial charge in [0.25, 0.3) is 0 Å². The Labute approximate surface area is 112 Å². The monoisotopic (exact) mass is 303 g/mol. The minimum absolute atomic E-state index is 0.0247. The van der Waals surface area contributed by atoms with Gasteiger partial charge < -0.3 is 0 Å². The van der Waals surface area contributed by atoms with Gasteiger partial charge in [-0.2, -0.15) is 0 Å². The zero-order valence-corrected chi connectivity index (χ0v) is 11.1. The Bertz CT molecular complexity index is 403. The summed E-state index contributed by atoms with van der Waals surface area (Å²) in [5.41, 5.74) is 0. The lowest BCUT2D eigenvalue weighted by molar-refractivity contribution is 0.443. The molecule has 0 unspecified atom stereocenters. The summed E-state index contributed by atoms with van der Waals surface area (Å²) in [6, 6.07) is 0. The first-order valence-corrected chi connectivity index (χ1v) is 6.43. The molecule has 0 aromatic rings. The van der Waals surface area contributed by atoms with Crippen LogP contribution in [0.5, 0.6) is 0 Å². The molecule has 1 fully saturated rings. The summed E-state index contributed by atoms with van der Waals surface area (Å²) < 4.78 is -1.45. The Hall–Kier alpha value is 0.860. The van der Waals surface area contributed by atoms with Crippen molar-refractivity contribution in [3.8, 4) is 0 Å². The Morgan fingerprint density at radius 3 is 2.33 bits per heavy atom.